The maximum Gasteiger partial charge on any atom is 0.306 e. The third-order valence-corrected chi connectivity index (χ3v) is 4.23. The van der Waals surface area contributed by atoms with Crippen LogP contribution < -0.4 is 5.32 Å². The van der Waals surface area contributed by atoms with Crippen LogP contribution in [-0.4, -0.2) is 34.9 Å². The summed E-state index contributed by atoms with van der Waals surface area (Å²) >= 11 is 0. The lowest BCUT2D eigenvalue weighted by Gasteiger charge is -2.19. The monoisotopic (exact) mass is 364 g/mol. The van der Waals surface area contributed by atoms with E-state index >= 15 is 0 Å². The number of nitrogens with one attached hydrogen (secondary N) is 1. The van der Waals surface area contributed by atoms with Gasteiger partial charge in [0.1, 0.15) is 0 Å². The number of nitrogens with zero attached hydrogens (tertiary/aromatic N) is 3. The fraction of sp³-hybridized carbons (Fsp3) is 0.556. The van der Waals surface area contributed by atoms with Crippen molar-refractivity contribution in [2.75, 3.05) is 19.4 Å². The van der Waals surface area contributed by atoms with Gasteiger partial charge in [-0.15, -0.1) is 0 Å². The molecule has 0 bridgehead atoms. The second-order valence-electron chi connectivity index (χ2n) is 6.73. The van der Waals surface area contributed by atoms with Gasteiger partial charge in [-0.25, -0.2) is 0 Å². The first-order chi connectivity index (χ1) is 12.1. The molecule has 8 nitrogen and oxygen atoms in total. The zero-order valence-electron chi connectivity index (χ0n) is 16.3. The summed E-state index contributed by atoms with van der Waals surface area (Å²) in [5.41, 5.74) is 0.466. The Hall–Kier alpha value is -2.64. The number of hydrogen-bond donors (Lipinski definition) is 1. The molecule has 0 saturated heterocycles. The highest BCUT2D eigenvalue weighted by atomic mass is 16.6. The predicted octanol–water partition coefficient (Wildman–Crippen LogP) is 4.76. The molecule has 144 valence electrons. The molecule has 0 saturated carbocycles. The summed E-state index contributed by atoms with van der Waals surface area (Å²) in [6, 6.07) is 1.38. The summed E-state index contributed by atoms with van der Waals surface area (Å²) < 4.78 is 0. The summed E-state index contributed by atoms with van der Waals surface area (Å²) in [6.07, 6.45) is 4.77. The van der Waals surface area contributed by atoms with Crippen LogP contribution in [0.2, 0.25) is 0 Å². The van der Waals surface area contributed by atoms with Crippen molar-refractivity contribution in [3.05, 3.63) is 43.6 Å². The normalized spacial score (nSPS) is 11.4. The lowest BCUT2D eigenvalue weighted by Crippen LogP contribution is -2.19. The predicted molar refractivity (Wildman–Crippen MR) is 105 cm³/mol. The van der Waals surface area contributed by atoms with Crippen molar-refractivity contribution in [3.63, 3.8) is 0 Å². The molecule has 0 aliphatic carbocycles. The van der Waals surface area contributed by atoms with Crippen LogP contribution in [0, 0.1) is 20.2 Å². The van der Waals surface area contributed by atoms with Crippen LogP contribution in [0.4, 0.5) is 17.1 Å². The second-order valence-corrected chi connectivity index (χ2v) is 6.73. The first-order valence-corrected chi connectivity index (χ1v) is 8.74. The number of hydrogen-bond acceptors (Lipinski definition) is 6. The van der Waals surface area contributed by atoms with E-state index in [0.717, 1.165) is 0 Å². The molecule has 1 N–H and O–H groups in total. The standard InChI is InChI=1S/C18H28N4O4/c1-7-13(8-2)19-17-16(21(23)24)11-15(12(3)4)14(9-10-20(5)6)18(17)22(25)26/h9-13,19H,7-8H2,1-6H3/b10-9+. The van der Waals surface area contributed by atoms with Crippen LogP contribution in [0.15, 0.2) is 12.3 Å². The van der Waals surface area contributed by atoms with Crippen molar-refractivity contribution in [2.45, 2.75) is 52.5 Å². The Bertz CT molecular complexity index is 695. The van der Waals surface area contributed by atoms with Gasteiger partial charge in [-0.3, -0.25) is 20.2 Å². The third-order valence-electron chi connectivity index (χ3n) is 4.23. The Kier molecular flexibility index (Phi) is 7.55. The number of nitro groups is 2. The van der Waals surface area contributed by atoms with E-state index < -0.39 is 9.85 Å². The van der Waals surface area contributed by atoms with E-state index in [1.54, 1.807) is 17.2 Å². The highest BCUT2D eigenvalue weighted by molar-refractivity contribution is 5.83. The zero-order valence-corrected chi connectivity index (χ0v) is 16.3. The summed E-state index contributed by atoms with van der Waals surface area (Å²) in [5, 5.41) is 26.6. The lowest BCUT2D eigenvalue weighted by molar-refractivity contribution is -0.392. The molecule has 0 unspecified atom stereocenters. The SMILES string of the molecule is CCC(CC)Nc1c([N+](=O)[O-])cc(C(C)C)c(/C=C/N(C)C)c1[N+](=O)[O-]. The number of benzene rings is 1. The Balaban J connectivity index is 3.86. The molecule has 0 heterocycles. The maximum atomic E-state index is 11.9. The average molecular weight is 364 g/mol. The smallest absolute Gasteiger partial charge is 0.306 e. The van der Waals surface area contributed by atoms with Crippen molar-refractivity contribution >= 4 is 23.1 Å². The van der Waals surface area contributed by atoms with Crippen molar-refractivity contribution in [1.29, 1.82) is 0 Å². The first kappa shape index (κ1) is 21.4. The van der Waals surface area contributed by atoms with Gasteiger partial charge in [-0.2, -0.15) is 0 Å². The van der Waals surface area contributed by atoms with Gasteiger partial charge in [-0.1, -0.05) is 27.7 Å². The van der Waals surface area contributed by atoms with Crippen LogP contribution >= 0.6 is 0 Å². The first-order valence-electron chi connectivity index (χ1n) is 8.74. The summed E-state index contributed by atoms with van der Waals surface area (Å²) in [5.74, 6) is -0.101. The minimum atomic E-state index is -0.553. The third kappa shape index (κ3) is 4.93. The number of anilines is 1. The molecule has 0 spiro atoms. The molecular weight excluding hydrogens is 336 g/mol. The van der Waals surface area contributed by atoms with Crippen LogP contribution in [0.25, 0.3) is 6.08 Å². The maximum absolute atomic E-state index is 11.9. The molecule has 1 aromatic rings. The fourth-order valence-electron chi connectivity index (χ4n) is 2.74. The topological polar surface area (TPSA) is 102 Å². The van der Waals surface area contributed by atoms with Gasteiger partial charge < -0.3 is 10.2 Å². The molecule has 0 amide bonds. The molecule has 0 atom stereocenters. The number of rotatable bonds is 9. The van der Waals surface area contributed by atoms with Crippen molar-refractivity contribution in [2.24, 2.45) is 0 Å². The van der Waals surface area contributed by atoms with Gasteiger partial charge in [0.2, 0.25) is 0 Å². The van der Waals surface area contributed by atoms with E-state index in [4.69, 9.17) is 0 Å². The van der Waals surface area contributed by atoms with Crippen LogP contribution in [-0.2, 0) is 0 Å². The summed E-state index contributed by atoms with van der Waals surface area (Å²) in [6.45, 7) is 7.61. The van der Waals surface area contributed by atoms with Crippen LogP contribution in [0.3, 0.4) is 0 Å². The molecule has 0 aliphatic rings. The van der Waals surface area contributed by atoms with E-state index in [0.29, 0.717) is 24.0 Å². The van der Waals surface area contributed by atoms with Gasteiger partial charge in [-0.05, 0) is 36.6 Å². The molecule has 0 radical (unpaired) electrons. The number of nitro benzene ring substituents is 2. The molecule has 8 heteroatoms. The summed E-state index contributed by atoms with van der Waals surface area (Å²) in [4.78, 5) is 24.2. The van der Waals surface area contributed by atoms with Gasteiger partial charge in [0, 0.05) is 26.2 Å². The van der Waals surface area contributed by atoms with E-state index in [-0.39, 0.29) is 29.0 Å². The molecule has 26 heavy (non-hydrogen) atoms. The second kappa shape index (κ2) is 9.17. The van der Waals surface area contributed by atoms with E-state index in [2.05, 4.69) is 5.32 Å². The molecular formula is C18H28N4O4. The molecule has 1 aromatic carbocycles. The largest absolute Gasteiger partial charge is 0.383 e. The van der Waals surface area contributed by atoms with Gasteiger partial charge in [0.25, 0.3) is 5.69 Å². The van der Waals surface area contributed by atoms with E-state index in [9.17, 15) is 20.2 Å². The van der Waals surface area contributed by atoms with Crippen molar-refractivity contribution < 1.29 is 9.85 Å². The van der Waals surface area contributed by atoms with Crippen molar-refractivity contribution in [3.8, 4) is 0 Å². The van der Waals surface area contributed by atoms with Crippen LogP contribution in [0.5, 0.6) is 0 Å². The Labute approximate surface area is 154 Å². The molecule has 0 aromatic heterocycles. The highest BCUT2D eigenvalue weighted by Crippen LogP contribution is 2.43. The minimum Gasteiger partial charge on any atom is -0.383 e. The van der Waals surface area contributed by atoms with E-state index in [1.807, 2.05) is 41.8 Å². The van der Waals surface area contributed by atoms with Gasteiger partial charge >= 0.3 is 5.69 Å². The minimum absolute atomic E-state index is 0.0171. The average Bonchev–Trinajstić information content (AvgIpc) is 2.55. The van der Waals surface area contributed by atoms with Gasteiger partial charge in [0.05, 0.1) is 15.4 Å². The molecule has 0 fully saturated rings. The quantitative estimate of drug-likeness (QED) is 0.501. The Morgan fingerprint density at radius 1 is 1.15 bits per heavy atom. The fourth-order valence-corrected chi connectivity index (χ4v) is 2.74. The zero-order chi connectivity index (χ0) is 20.0. The molecule has 0 aliphatic heterocycles. The lowest BCUT2D eigenvalue weighted by atomic mass is 9.93. The Morgan fingerprint density at radius 3 is 2.12 bits per heavy atom. The highest BCUT2D eigenvalue weighted by Gasteiger charge is 2.32. The molecule has 1 rings (SSSR count). The Morgan fingerprint density at radius 2 is 1.73 bits per heavy atom. The van der Waals surface area contributed by atoms with E-state index in [1.165, 1.54) is 6.07 Å². The summed E-state index contributed by atoms with van der Waals surface area (Å²) in [7, 11) is 3.62. The van der Waals surface area contributed by atoms with Crippen molar-refractivity contribution in [1.82, 2.24) is 4.90 Å². The van der Waals surface area contributed by atoms with Crippen LogP contribution in [0.1, 0.15) is 57.6 Å². The van der Waals surface area contributed by atoms with Gasteiger partial charge in [0.15, 0.2) is 5.69 Å².